The van der Waals surface area contributed by atoms with E-state index >= 15 is 0 Å². The molecule has 8 heteroatoms. The highest BCUT2D eigenvalue weighted by molar-refractivity contribution is 5.64. The molecule has 1 aromatic heterocycles. The average Bonchev–Trinajstić information content (AvgIpc) is 3.25. The first-order chi connectivity index (χ1) is 16.6. The maximum absolute atomic E-state index is 13.9. The number of aromatic nitrogens is 2. The zero-order chi connectivity index (χ0) is 25.2. The minimum absolute atomic E-state index is 0.173. The fourth-order valence-corrected chi connectivity index (χ4v) is 4.02. The number of nitrogens with zero attached hydrogens (tertiary/aromatic N) is 2. The quantitative estimate of drug-likeness (QED) is 0.328. The van der Waals surface area contributed by atoms with Crippen LogP contribution >= 0.6 is 0 Å². The van der Waals surface area contributed by atoms with E-state index in [1.54, 1.807) is 13.0 Å². The lowest BCUT2D eigenvalue weighted by Crippen LogP contribution is -2.41. The van der Waals surface area contributed by atoms with Gasteiger partial charge in [0.2, 0.25) is 0 Å². The summed E-state index contributed by atoms with van der Waals surface area (Å²) in [5, 5.41) is 9.48. The van der Waals surface area contributed by atoms with Crippen LogP contribution in [0.15, 0.2) is 79.0 Å². The Morgan fingerprint density at radius 1 is 0.886 bits per heavy atom. The highest BCUT2D eigenvalue weighted by atomic mass is 19.4. The third-order valence-corrected chi connectivity index (χ3v) is 6.03. The number of alkyl halides is 3. The normalized spacial score (nSPS) is 13.5. The van der Waals surface area contributed by atoms with Gasteiger partial charge in [-0.1, -0.05) is 66.7 Å². The predicted molar refractivity (Wildman–Crippen MR) is 131 cm³/mol. The Labute approximate surface area is 201 Å². The highest BCUT2D eigenvalue weighted by Crippen LogP contribution is 2.36. The third kappa shape index (κ3) is 5.39. The van der Waals surface area contributed by atoms with Gasteiger partial charge < -0.3 is 16.7 Å². The van der Waals surface area contributed by atoms with E-state index < -0.39 is 23.9 Å². The molecule has 0 fully saturated rings. The summed E-state index contributed by atoms with van der Waals surface area (Å²) in [6, 6.07) is 21.9. The number of nitrogen functional groups attached to an aromatic ring is 1. The van der Waals surface area contributed by atoms with Gasteiger partial charge in [-0.3, -0.25) is 4.68 Å². The van der Waals surface area contributed by atoms with Crippen LogP contribution in [0.25, 0.3) is 22.4 Å². The second-order valence-electron chi connectivity index (χ2n) is 8.87. The summed E-state index contributed by atoms with van der Waals surface area (Å²) in [4.78, 5) is 4.29. The van der Waals surface area contributed by atoms with E-state index in [0.29, 0.717) is 6.42 Å². The second-order valence-corrected chi connectivity index (χ2v) is 8.87. The van der Waals surface area contributed by atoms with Crippen molar-refractivity contribution in [3.63, 3.8) is 0 Å². The van der Waals surface area contributed by atoms with Crippen LogP contribution in [0.5, 0.6) is 0 Å². The number of aliphatic hydroxyl groups is 1. The van der Waals surface area contributed by atoms with Crippen molar-refractivity contribution < 1.29 is 18.3 Å². The van der Waals surface area contributed by atoms with Gasteiger partial charge in [-0.2, -0.15) is 13.2 Å². The summed E-state index contributed by atoms with van der Waals surface area (Å²) in [6.07, 6.45) is -2.41. The molecule has 35 heavy (non-hydrogen) atoms. The number of imidazole rings is 1. The molecule has 5 N–H and O–H groups in total. The van der Waals surface area contributed by atoms with E-state index in [9.17, 15) is 18.3 Å². The molecule has 0 amide bonds. The van der Waals surface area contributed by atoms with E-state index in [-0.39, 0.29) is 29.1 Å². The molecule has 182 valence electrons. The van der Waals surface area contributed by atoms with Crippen molar-refractivity contribution in [2.75, 3.05) is 12.4 Å². The lowest BCUT2D eigenvalue weighted by Gasteiger charge is -2.20. The number of hydrogen-bond donors (Lipinski definition) is 3. The molecule has 1 unspecified atom stereocenters. The maximum atomic E-state index is 13.9. The minimum atomic E-state index is -4.52. The van der Waals surface area contributed by atoms with Crippen molar-refractivity contribution in [2.45, 2.75) is 31.5 Å². The van der Waals surface area contributed by atoms with Crippen LogP contribution in [0, 0.1) is 0 Å². The average molecular weight is 481 g/mol. The first-order valence-corrected chi connectivity index (χ1v) is 11.2. The van der Waals surface area contributed by atoms with Gasteiger partial charge in [0, 0.05) is 5.56 Å². The maximum Gasteiger partial charge on any atom is 0.416 e. The summed E-state index contributed by atoms with van der Waals surface area (Å²) in [5.74, 6) is 6.07. The van der Waals surface area contributed by atoms with E-state index in [0.717, 1.165) is 27.4 Å². The Morgan fingerprint density at radius 2 is 1.51 bits per heavy atom. The molecule has 0 bridgehead atoms. The topological polar surface area (TPSA) is 90.1 Å². The van der Waals surface area contributed by atoms with Gasteiger partial charge in [0.05, 0.1) is 29.6 Å². The number of aliphatic hydroxyl groups excluding tert-OH is 1. The number of aryl methyl sites for hydroxylation is 2. The van der Waals surface area contributed by atoms with Crippen molar-refractivity contribution in [3.05, 3.63) is 102 Å². The van der Waals surface area contributed by atoms with Crippen molar-refractivity contribution in [2.24, 2.45) is 5.73 Å². The molecule has 0 aliphatic heterocycles. The number of halogens is 3. The molecule has 0 radical (unpaired) electrons. The zero-order valence-corrected chi connectivity index (χ0v) is 19.3. The summed E-state index contributed by atoms with van der Waals surface area (Å²) >= 11 is 0. The molecule has 4 aromatic rings. The van der Waals surface area contributed by atoms with Gasteiger partial charge in [-0.15, -0.1) is 0 Å². The van der Waals surface area contributed by atoms with E-state index in [1.807, 2.05) is 54.6 Å². The lowest BCUT2D eigenvalue weighted by molar-refractivity contribution is -0.138. The second kappa shape index (κ2) is 9.56. The standard InChI is InChI=1S/C27H27F3N4O/c1-26(31,17-35)25-33-24(16-34(25)32)22-14-13-21(23(15-22)27(28,29)30)12-9-18-7-10-20(11-8-18)19-5-3-2-4-6-19/h2-8,10-11,13-16,35H,9,12,17,31-32H2,1H3. The van der Waals surface area contributed by atoms with Crippen LogP contribution in [0.2, 0.25) is 0 Å². The Morgan fingerprint density at radius 3 is 2.14 bits per heavy atom. The molecule has 0 saturated carbocycles. The molecular weight excluding hydrogens is 453 g/mol. The first-order valence-electron chi connectivity index (χ1n) is 11.2. The number of rotatable bonds is 7. The lowest BCUT2D eigenvalue weighted by atomic mass is 9.96. The Bertz CT molecular complexity index is 1300. The Kier molecular flexibility index (Phi) is 6.69. The SMILES string of the molecule is CC(N)(CO)c1nc(-c2ccc(CCc3ccc(-c4ccccc4)cc3)c(C(F)(F)F)c2)cn1N. The van der Waals surface area contributed by atoms with Crippen LogP contribution in [0.3, 0.4) is 0 Å². The monoisotopic (exact) mass is 480 g/mol. The molecule has 3 aromatic carbocycles. The summed E-state index contributed by atoms with van der Waals surface area (Å²) in [5.41, 5.74) is 7.90. The summed E-state index contributed by atoms with van der Waals surface area (Å²) < 4.78 is 42.9. The highest BCUT2D eigenvalue weighted by Gasteiger charge is 2.34. The minimum Gasteiger partial charge on any atom is -0.394 e. The molecule has 4 rings (SSSR count). The molecular formula is C27H27F3N4O. The smallest absolute Gasteiger partial charge is 0.394 e. The van der Waals surface area contributed by atoms with Crippen molar-refractivity contribution in [1.29, 1.82) is 0 Å². The molecule has 5 nitrogen and oxygen atoms in total. The molecule has 0 saturated heterocycles. The fraction of sp³-hybridized carbons (Fsp3) is 0.222. The van der Waals surface area contributed by atoms with Gasteiger partial charge in [0.25, 0.3) is 0 Å². The van der Waals surface area contributed by atoms with Gasteiger partial charge in [0.15, 0.2) is 0 Å². The fourth-order valence-electron chi connectivity index (χ4n) is 4.02. The van der Waals surface area contributed by atoms with Crippen LogP contribution in [0.4, 0.5) is 13.2 Å². The molecule has 0 spiro atoms. The van der Waals surface area contributed by atoms with Gasteiger partial charge in [-0.25, -0.2) is 4.98 Å². The Balaban J connectivity index is 1.57. The van der Waals surface area contributed by atoms with Crippen molar-refractivity contribution in [3.8, 4) is 22.4 Å². The van der Waals surface area contributed by atoms with E-state index in [1.165, 1.54) is 12.3 Å². The summed E-state index contributed by atoms with van der Waals surface area (Å²) in [7, 11) is 0. The molecule has 1 heterocycles. The molecule has 1 atom stereocenters. The van der Waals surface area contributed by atoms with E-state index in [4.69, 9.17) is 11.6 Å². The van der Waals surface area contributed by atoms with Gasteiger partial charge >= 0.3 is 6.18 Å². The predicted octanol–water partition coefficient (Wildman–Crippen LogP) is 4.90. The molecule has 0 aliphatic rings. The van der Waals surface area contributed by atoms with Crippen molar-refractivity contribution in [1.82, 2.24) is 9.66 Å². The Hall–Kier alpha value is -3.62. The first kappa shape index (κ1) is 24.5. The molecule has 0 aliphatic carbocycles. The number of hydrogen-bond acceptors (Lipinski definition) is 4. The van der Waals surface area contributed by atoms with Crippen molar-refractivity contribution >= 4 is 0 Å². The third-order valence-electron chi connectivity index (χ3n) is 6.03. The largest absolute Gasteiger partial charge is 0.416 e. The zero-order valence-electron chi connectivity index (χ0n) is 19.3. The van der Waals surface area contributed by atoms with Crippen LogP contribution in [-0.2, 0) is 24.6 Å². The van der Waals surface area contributed by atoms with Crippen LogP contribution < -0.4 is 11.6 Å². The van der Waals surface area contributed by atoms with Crippen LogP contribution in [0.1, 0.15) is 29.4 Å². The van der Waals surface area contributed by atoms with Gasteiger partial charge in [-0.05, 0) is 48.1 Å². The number of nitrogens with two attached hydrogens (primary N) is 2. The summed E-state index contributed by atoms with van der Waals surface area (Å²) in [6.45, 7) is 1.12. The van der Waals surface area contributed by atoms with E-state index in [2.05, 4.69) is 4.98 Å². The number of benzene rings is 3. The van der Waals surface area contributed by atoms with Gasteiger partial charge in [0.1, 0.15) is 5.82 Å². The van der Waals surface area contributed by atoms with Crippen LogP contribution in [-0.4, -0.2) is 21.4 Å².